The Labute approximate surface area is 170 Å². The number of hydrogen-bond donors (Lipinski definition) is 2. The summed E-state index contributed by atoms with van der Waals surface area (Å²) in [7, 11) is 0. The third-order valence-corrected chi connectivity index (χ3v) is 7.42. The summed E-state index contributed by atoms with van der Waals surface area (Å²) in [5.74, 6) is -1.74. The smallest absolute Gasteiger partial charge is 0.327 e. The van der Waals surface area contributed by atoms with Crippen LogP contribution in [0.5, 0.6) is 0 Å². The standard InChI is InChI=1S/C19H19N3O4S2/c1-9-11(12(21-28-9)10-7-5-4-6-8-10)15(23)20-13-16(24)22-14(18(25)26)19(2,3)27-17(13)22/h4-8,13-14,17H,1-3H3,(H,20,23)(H,25,26). The predicted octanol–water partition coefficient (Wildman–Crippen LogP) is 2.36. The van der Waals surface area contributed by atoms with Gasteiger partial charge in [-0.3, -0.25) is 9.59 Å². The lowest BCUT2D eigenvalue weighted by Crippen LogP contribution is -2.70. The largest absolute Gasteiger partial charge is 0.480 e. The summed E-state index contributed by atoms with van der Waals surface area (Å²) < 4.78 is 3.78. The fourth-order valence-corrected chi connectivity index (χ4v) is 6.12. The summed E-state index contributed by atoms with van der Waals surface area (Å²) in [5.41, 5.74) is 1.88. The maximum absolute atomic E-state index is 13.0. The molecule has 0 spiro atoms. The molecule has 7 nitrogen and oxygen atoms in total. The average molecular weight is 418 g/mol. The molecule has 28 heavy (non-hydrogen) atoms. The maximum Gasteiger partial charge on any atom is 0.327 e. The van der Waals surface area contributed by atoms with Crippen molar-refractivity contribution < 1.29 is 19.5 Å². The van der Waals surface area contributed by atoms with Crippen molar-refractivity contribution in [2.75, 3.05) is 0 Å². The zero-order chi connectivity index (χ0) is 20.2. The van der Waals surface area contributed by atoms with Crippen LogP contribution in [-0.2, 0) is 9.59 Å². The summed E-state index contributed by atoms with van der Waals surface area (Å²) in [4.78, 5) is 39.4. The summed E-state index contributed by atoms with van der Waals surface area (Å²) in [6.45, 7) is 5.44. The van der Waals surface area contributed by atoms with E-state index in [9.17, 15) is 19.5 Å². The number of aliphatic carboxylic acids is 1. The Morgan fingerprint density at radius 2 is 1.93 bits per heavy atom. The number of carboxylic acids is 1. The van der Waals surface area contributed by atoms with Gasteiger partial charge in [-0.25, -0.2) is 4.79 Å². The molecular weight excluding hydrogens is 398 g/mol. The molecule has 2 fully saturated rings. The fourth-order valence-electron chi connectivity index (χ4n) is 3.79. The number of nitrogens with one attached hydrogen (secondary N) is 1. The molecule has 0 bridgehead atoms. The number of aryl methyl sites for hydroxylation is 1. The lowest BCUT2D eigenvalue weighted by Gasteiger charge is -2.43. The Bertz CT molecular complexity index is 973. The van der Waals surface area contributed by atoms with E-state index in [-0.39, 0.29) is 17.2 Å². The molecule has 2 N–H and O–H groups in total. The molecule has 3 heterocycles. The molecule has 2 amide bonds. The number of fused-ring (bicyclic) bond motifs is 1. The predicted molar refractivity (Wildman–Crippen MR) is 107 cm³/mol. The van der Waals surface area contributed by atoms with Crippen LogP contribution in [0.25, 0.3) is 11.3 Å². The van der Waals surface area contributed by atoms with Crippen molar-refractivity contribution in [1.82, 2.24) is 14.6 Å². The number of carbonyl (C=O) groups excluding carboxylic acids is 2. The topological polar surface area (TPSA) is 99.6 Å². The number of carbonyl (C=O) groups is 3. The first-order chi connectivity index (χ1) is 13.2. The van der Waals surface area contributed by atoms with Crippen molar-refractivity contribution in [2.24, 2.45) is 0 Å². The van der Waals surface area contributed by atoms with Gasteiger partial charge in [0.2, 0.25) is 5.91 Å². The highest BCUT2D eigenvalue weighted by Crippen LogP contribution is 2.50. The van der Waals surface area contributed by atoms with E-state index in [0.29, 0.717) is 11.3 Å². The van der Waals surface area contributed by atoms with Crippen LogP contribution in [0.15, 0.2) is 30.3 Å². The van der Waals surface area contributed by atoms with Crippen LogP contribution >= 0.6 is 23.3 Å². The van der Waals surface area contributed by atoms with Crippen LogP contribution in [0, 0.1) is 6.92 Å². The Kier molecular flexibility index (Phi) is 4.46. The van der Waals surface area contributed by atoms with E-state index >= 15 is 0 Å². The number of carboxylic acid groups (broad SMARTS) is 1. The zero-order valence-corrected chi connectivity index (χ0v) is 17.1. The van der Waals surface area contributed by atoms with Gasteiger partial charge in [-0.15, -0.1) is 11.8 Å². The van der Waals surface area contributed by atoms with Gasteiger partial charge in [-0.1, -0.05) is 30.3 Å². The molecule has 1 aromatic carbocycles. The highest BCUT2D eigenvalue weighted by Gasteiger charge is 2.64. The lowest BCUT2D eigenvalue weighted by atomic mass is 9.95. The van der Waals surface area contributed by atoms with Crippen LogP contribution in [0.3, 0.4) is 0 Å². The van der Waals surface area contributed by atoms with Gasteiger partial charge < -0.3 is 15.3 Å². The lowest BCUT2D eigenvalue weighted by molar-refractivity contribution is -0.159. The molecule has 2 aliphatic heterocycles. The number of benzene rings is 1. The van der Waals surface area contributed by atoms with Crippen molar-refractivity contribution in [3.8, 4) is 11.3 Å². The summed E-state index contributed by atoms with van der Waals surface area (Å²) >= 11 is 2.65. The van der Waals surface area contributed by atoms with E-state index in [1.54, 1.807) is 13.8 Å². The third-order valence-electron chi connectivity index (χ3n) is 5.10. The highest BCUT2D eigenvalue weighted by atomic mass is 32.2. The molecule has 4 rings (SSSR count). The van der Waals surface area contributed by atoms with Crippen LogP contribution in [0.4, 0.5) is 0 Å². The van der Waals surface area contributed by atoms with E-state index in [4.69, 9.17) is 0 Å². The van der Waals surface area contributed by atoms with E-state index in [1.807, 2.05) is 37.3 Å². The first-order valence-electron chi connectivity index (χ1n) is 8.77. The van der Waals surface area contributed by atoms with Crippen LogP contribution < -0.4 is 5.32 Å². The Balaban J connectivity index is 1.58. The first-order valence-corrected chi connectivity index (χ1v) is 10.4. The minimum absolute atomic E-state index is 0.356. The molecule has 0 saturated carbocycles. The van der Waals surface area contributed by atoms with Gasteiger partial charge in [0.25, 0.3) is 5.91 Å². The number of β-lactam (4-membered cyclic amide) rings is 1. The van der Waals surface area contributed by atoms with E-state index in [2.05, 4.69) is 9.69 Å². The summed E-state index contributed by atoms with van der Waals surface area (Å²) in [5, 5.41) is 11.9. The molecule has 0 aliphatic carbocycles. The molecular formula is C19H19N3O4S2. The Morgan fingerprint density at radius 1 is 1.25 bits per heavy atom. The molecule has 9 heteroatoms. The molecule has 146 valence electrons. The van der Waals surface area contributed by atoms with Crippen molar-refractivity contribution >= 4 is 41.1 Å². The van der Waals surface area contributed by atoms with Gasteiger partial charge in [-0.2, -0.15) is 4.37 Å². The van der Waals surface area contributed by atoms with Crippen LogP contribution in [-0.4, -0.2) is 54.4 Å². The van der Waals surface area contributed by atoms with Crippen molar-refractivity contribution in [3.63, 3.8) is 0 Å². The highest BCUT2D eigenvalue weighted by molar-refractivity contribution is 8.01. The SMILES string of the molecule is Cc1snc(-c2ccccc2)c1C(=O)NC1C(=O)N2C1SC(C)(C)C2C(=O)O. The van der Waals surface area contributed by atoms with Crippen molar-refractivity contribution in [1.29, 1.82) is 0 Å². The molecule has 0 radical (unpaired) electrons. The van der Waals surface area contributed by atoms with E-state index in [0.717, 1.165) is 10.4 Å². The number of nitrogens with zero attached hydrogens (tertiary/aromatic N) is 2. The van der Waals surface area contributed by atoms with Gasteiger partial charge >= 0.3 is 5.97 Å². The number of aromatic nitrogens is 1. The monoisotopic (exact) mass is 417 g/mol. The Morgan fingerprint density at radius 3 is 2.57 bits per heavy atom. The van der Waals surface area contributed by atoms with E-state index in [1.165, 1.54) is 28.2 Å². The maximum atomic E-state index is 13.0. The number of amides is 2. The number of thioether (sulfide) groups is 1. The van der Waals surface area contributed by atoms with Crippen LogP contribution in [0.2, 0.25) is 0 Å². The quantitative estimate of drug-likeness (QED) is 0.741. The van der Waals surface area contributed by atoms with Gasteiger partial charge in [-0.05, 0) is 32.3 Å². The molecule has 3 atom stereocenters. The molecule has 2 aromatic rings. The van der Waals surface area contributed by atoms with Gasteiger partial charge in [0.05, 0.1) is 11.3 Å². The van der Waals surface area contributed by atoms with Gasteiger partial charge in [0.15, 0.2) is 0 Å². The number of rotatable bonds is 4. The van der Waals surface area contributed by atoms with E-state index < -0.39 is 22.8 Å². The minimum Gasteiger partial charge on any atom is -0.480 e. The molecule has 2 saturated heterocycles. The third kappa shape index (κ3) is 2.80. The second kappa shape index (κ2) is 6.59. The average Bonchev–Trinajstić information content (AvgIpc) is 3.15. The minimum atomic E-state index is -1.03. The van der Waals surface area contributed by atoms with Crippen LogP contribution in [0.1, 0.15) is 29.1 Å². The summed E-state index contributed by atoms with van der Waals surface area (Å²) in [6, 6.07) is 7.78. The summed E-state index contributed by atoms with van der Waals surface area (Å²) in [6.07, 6.45) is 0. The zero-order valence-electron chi connectivity index (χ0n) is 15.5. The Hall–Kier alpha value is -2.39. The second-order valence-corrected chi connectivity index (χ2v) is 10.1. The second-order valence-electron chi connectivity index (χ2n) is 7.38. The molecule has 3 unspecified atom stereocenters. The normalized spacial score (nSPS) is 25.2. The van der Waals surface area contributed by atoms with Crippen molar-refractivity contribution in [2.45, 2.75) is 43.0 Å². The van der Waals surface area contributed by atoms with Crippen molar-refractivity contribution in [3.05, 3.63) is 40.8 Å². The van der Waals surface area contributed by atoms with Gasteiger partial charge in [0.1, 0.15) is 17.5 Å². The molecule has 1 aromatic heterocycles. The number of hydrogen-bond acceptors (Lipinski definition) is 6. The first kappa shape index (κ1) is 18.9. The fraction of sp³-hybridized carbons (Fsp3) is 0.368. The van der Waals surface area contributed by atoms with Gasteiger partial charge in [0, 0.05) is 15.2 Å². The molecule has 2 aliphatic rings.